The highest BCUT2D eigenvalue weighted by Gasteiger charge is 2.22. The van der Waals surface area contributed by atoms with Gasteiger partial charge >= 0.3 is 10.1 Å². The maximum Gasteiger partial charge on any atom is 0.339 e. The Labute approximate surface area is 289 Å². The number of hydrogen-bond donors (Lipinski definition) is 3. The molecule has 4 rings (SSSR count). The van der Waals surface area contributed by atoms with Crippen molar-refractivity contribution < 1.29 is 61.0 Å². The highest BCUT2D eigenvalue weighted by atomic mass is 32.2. The normalized spacial score (nSPS) is 14.5. The lowest BCUT2D eigenvalue weighted by atomic mass is 10.0. The predicted octanol–water partition coefficient (Wildman–Crippen LogP) is 5.12. The molecule has 18 heteroatoms. The molecule has 50 heavy (non-hydrogen) atoms. The van der Waals surface area contributed by atoms with Crippen LogP contribution in [0.5, 0.6) is 11.5 Å². The van der Waals surface area contributed by atoms with Gasteiger partial charge < -0.3 is 13.7 Å². The summed E-state index contributed by atoms with van der Waals surface area (Å²) in [4.78, 5) is -2.24. The molecule has 0 radical (unpaired) electrons. The predicted molar refractivity (Wildman–Crippen MR) is 181 cm³/mol. The van der Waals surface area contributed by atoms with E-state index in [4.69, 9.17) is 18.2 Å². The Kier molecular flexibility index (Phi) is 11.6. The van der Waals surface area contributed by atoms with Crippen LogP contribution < -0.4 is 8.92 Å². The number of allylic oxidation sites excluding steroid dienone is 5. The quantitative estimate of drug-likeness (QED) is 0.0839. The lowest BCUT2D eigenvalue weighted by Crippen LogP contribution is -2.10. The molecule has 0 atom stereocenters. The second-order valence-corrected chi connectivity index (χ2v) is 16.3. The molecule has 0 amide bonds. The first kappa shape index (κ1) is 38.2. The fraction of sp³-hybridized carbons (Fsp3) is 0.125. The van der Waals surface area contributed by atoms with Gasteiger partial charge in [0.05, 0.1) is 16.9 Å². The molecule has 1 aliphatic rings. The smallest absolute Gasteiger partial charge is 0.339 e. The van der Waals surface area contributed by atoms with Crippen molar-refractivity contribution in [3.8, 4) is 11.5 Å². The SMILES string of the molecule is C=C(OC)/C(=C\C(=C\c1cc(OC2=CCCC=C2)ccc1S(=O)(=O)O)S(=O)(=O)O)Cc1ccc(S(=O)(=O)Oc2ccc(S(=O)(=O)O)cc2)cc1. The first-order chi connectivity index (χ1) is 23.3. The molecule has 0 aliphatic heterocycles. The molecule has 266 valence electrons. The first-order valence-electron chi connectivity index (χ1n) is 14.2. The van der Waals surface area contributed by atoms with Gasteiger partial charge in [0.15, 0.2) is 0 Å². The molecular weight excluding hydrogens is 737 g/mol. The van der Waals surface area contributed by atoms with Crippen molar-refractivity contribution >= 4 is 46.5 Å². The number of benzene rings is 3. The van der Waals surface area contributed by atoms with Crippen LogP contribution in [-0.2, 0) is 51.6 Å². The summed E-state index contributed by atoms with van der Waals surface area (Å²) < 4.78 is 143. The topological polar surface area (TPSA) is 225 Å². The van der Waals surface area contributed by atoms with Crippen LogP contribution in [0.2, 0.25) is 0 Å². The molecule has 0 saturated carbocycles. The van der Waals surface area contributed by atoms with Gasteiger partial charge in [-0.05, 0) is 103 Å². The van der Waals surface area contributed by atoms with Gasteiger partial charge in [-0.15, -0.1) is 0 Å². The summed E-state index contributed by atoms with van der Waals surface area (Å²) in [5.41, 5.74) is 0.141. The van der Waals surface area contributed by atoms with Gasteiger partial charge in [0.25, 0.3) is 30.4 Å². The number of rotatable bonds is 14. The largest absolute Gasteiger partial charge is 0.497 e. The summed E-state index contributed by atoms with van der Waals surface area (Å²) in [6, 6.07) is 12.5. The van der Waals surface area contributed by atoms with Crippen LogP contribution in [0.3, 0.4) is 0 Å². The van der Waals surface area contributed by atoms with Crippen molar-refractivity contribution in [2.75, 3.05) is 7.11 Å². The molecule has 0 aromatic heterocycles. The first-order valence-corrected chi connectivity index (χ1v) is 19.9. The molecule has 14 nitrogen and oxygen atoms in total. The standard InChI is InChI=1S/C32H30O14S4/c1-22(44-2)24(18-23-8-13-30(14-9-23)50(42,43)46-27-10-15-29(16-11-27)47(33,34)35)20-31(48(36,37)38)21-25-19-28(12-17-32(25)49(39,40)41)45-26-6-4-3-5-7-26/h4,6-17,19-21H,1,3,5,18H2,2H3,(H,33,34,35)(H,36,37,38)(H,39,40,41)/b24-20-,31-21-. The summed E-state index contributed by atoms with van der Waals surface area (Å²) in [5, 5.41) is 0. The Morgan fingerprint density at radius 3 is 1.96 bits per heavy atom. The third kappa shape index (κ3) is 10.2. The molecule has 1 aliphatic carbocycles. The van der Waals surface area contributed by atoms with E-state index in [1.807, 2.05) is 6.08 Å². The third-order valence-electron chi connectivity index (χ3n) is 6.91. The van der Waals surface area contributed by atoms with Gasteiger partial charge in [-0.2, -0.15) is 33.7 Å². The van der Waals surface area contributed by atoms with Crippen LogP contribution >= 0.6 is 0 Å². The Balaban J connectivity index is 1.68. The molecule has 0 heterocycles. The zero-order valence-electron chi connectivity index (χ0n) is 26.0. The molecule has 0 spiro atoms. The van der Waals surface area contributed by atoms with E-state index in [0.29, 0.717) is 17.7 Å². The Hall–Kier alpha value is -4.56. The molecule has 3 aromatic carbocycles. The molecule has 0 unspecified atom stereocenters. The zero-order chi connectivity index (χ0) is 36.9. The molecule has 0 fully saturated rings. The average molecular weight is 767 g/mol. The van der Waals surface area contributed by atoms with E-state index in [1.54, 1.807) is 12.2 Å². The van der Waals surface area contributed by atoms with Gasteiger partial charge in [0.2, 0.25) is 0 Å². The van der Waals surface area contributed by atoms with Gasteiger partial charge in [0.1, 0.15) is 32.8 Å². The minimum Gasteiger partial charge on any atom is -0.497 e. The average Bonchev–Trinajstić information content (AvgIpc) is 3.03. The molecule has 3 aromatic rings. The van der Waals surface area contributed by atoms with Crippen LogP contribution in [0.25, 0.3) is 6.08 Å². The zero-order valence-corrected chi connectivity index (χ0v) is 29.3. The summed E-state index contributed by atoms with van der Waals surface area (Å²) in [6.45, 7) is 3.74. The molecule has 0 saturated heterocycles. The van der Waals surface area contributed by atoms with E-state index < -0.39 is 55.2 Å². The maximum atomic E-state index is 12.8. The van der Waals surface area contributed by atoms with Crippen LogP contribution in [0.15, 0.2) is 134 Å². The van der Waals surface area contributed by atoms with E-state index in [9.17, 15) is 42.8 Å². The Morgan fingerprint density at radius 1 is 0.800 bits per heavy atom. The van der Waals surface area contributed by atoms with Crippen molar-refractivity contribution in [2.45, 2.75) is 33.9 Å². The lowest BCUT2D eigenvalue weighted by molar-refractivity contribution is 0.301. The van der Waals surface area contributed by atoms with Crippen LogP contribution in [0.1, 0.15) is 24.0 Å². The van der Waals surface area contributed by atoms with Crippen molar-refractivity contribution in [2.24, 2.45) is 0 Å². The van der Waals surface area contributed by atoms with E-state index >= 15 is 0 Å². The third-order valence-corrected chi connectivity index (χ3v) is 10.8. The van der Waals surface area contributed by atoms with Gasteiger partial charge in [-0.25, -0.2) is 0 Å². The summed E-state index contributed by atoms with van der Waals surface area (Å²) in [7, 11) is -17.6. The summed E-state index contributed by atoms with van der Waals surface area (Å²) >= 11 is 0. The van der Waals surface area contributed by atoms with Crippen molar-refractivity contribution in [1.82, 2.24) is 0 Å². The molecule has 0 bridgehead atoms. The van der Waals surface area contributed by atoms with E-state index in [1.165, 1.54) is 43.5 Å². The second kappa shape index (κ2) is 15.1. The fourth-order valence-corrected chi connectivity index (χ4v) is 7.08. The number of hydrogen-bond acceptors (Lipinski definition) is 11. The highest BCUT2D eigenvalue weighted by molar-refractivity contribution is 7.90. The Bertz CT molecular complexity index is 2350. The van der Waals surface area contributed by atoms with Crippen LogP contribution in [0, 0.1) is 0 Å². The van der Waals surface area contributed by atoms with Crippen molar-refractivity contribution in [1.29, 1.82) is 0 Å². The molecular formula is C32H30O14S4. The minimum absolute atomic E-state index is 0.0592. The summed E-state index contributed by atoms with van der Waals surface area (Å²) in [5.74, 6) is 0.274. The van der Waals surface area contributed by atoms with Gasteiger partial charge in [-0.1, -0.05) is 24.8 Å². The summed E-state index contributed by atoms with van der Waals surface area (Å²) in [6.07, 6.45) is 8.52. The monoisotopic (exact) mass is 766 g/mol. The highest BCUT2D eigenvalue weighted by Crippen LogP contribution is 2.29. The van der Waals surface area contributed by atoms with Crippen molar-refractivity contribution in [3.05, 3.63) is 131 Å². The van der Waals surface area contributed by atoms with Gasteiger partial charge in [-0.3, -0.25) is 13.7 Å². The van der Waals surface area contributed by atoms with Crippen LogP contribution in [-0.4, -0.2) is 54.4 Å². The second-order valence-electron chi connectivity index (χ2n) is 10.5. The van der Waals surface area contributed by atoms with Gasteiger partial charge in [0, 0.05) is 12.0 Å². The number of methoxy groups -OCH3 is 1. The Morgan fingerprint density at radius 2 is 1.42 bits per heavy atom. The lowest BCUT2D eigenvalue weighted by Gasteiger charge is -2.13. The van der Waals surface area contributed by atoms with Crippen molar-refractivity contribution in [3.63, 3.8) is 0 Å². The van der Waals surface area contributed by atoms with E-state index in [2.05, 4.69) is 6.58 Å². The fourth-order valence-electron chi connectivity index (χ4n) is 4.45. The van der Waals surface area contributed by atoms with Crippen LogP contribution in [0.4, 0.5) is 0 Å². The minimum atomic E-state index is -5.06. The molecule has 3 N–H and O–H groups in total. The maximum absolute atomic E-state index is 12.8. The van der Waals surface area contributed by atoms with E-state index in [0.717, 1.165) is 48.9 Å². The number of ether oxygens (including phenoxy) is 2. The van der Waals surface area contributed by atoms with E-state index in [-0.39, 0.29) is 39.7 Å².